The van der Waals surface area contributed by atoms with Gasteiger partial charge in [0.05, 0.1) is 7.11 Å². The minimum Gasteiger partial charge on any atom is -0.464 e. The third-order valence-corrected chi connectivity index (χ3v) is 4.36. The van der Waals surface area contributed by atoms with E-state index in [0.29, 0.717) is 10.7 Å². The summed E-state index contributed by atoms with van der Waals surface area (Å²) in [6, 6.07) is 7.25. The van der Waals surface area contributed by atoms with Crippen LogP contribution in [0, 0.1) is 6.92 Å². The van der Waals surface area contributed by atoms with E-state index < -0.39 is 5.97 Å². The van der Waals surface area contributed by atoms with Crippen molar-refractivity contribution in [3.8, 4) is 0 Å². The van der Waals surface area contributed by atoms with Crippen molar-refractivity contribution in [1.29, 1.82) is 0 Å². The molecule has 1 heterocycles. The number of hydrogen-bond donors (Lipinski definition) is 1. The molecule has 1 aromatic heterocycles. The van der Waals surface area contributed by atoms with Crippen LogP contribution in [-0.4, -0.2) is 24.0 Å². The van der Waals surface area contributed by atoms with Crippen molar-refractivity contribution in [2.75, 3.05) is 12.4 Å². The number of esters is 1. The SMILES string of the molecule is COC(=O)c1nc(NC(=O)c2ccc(C)cc2)sc1C(C)C. The summed E-state index contributed by atoms with van der Waals surface area (Å²) in [6.45, 7) is 5.89. The summed E-state index contributed by atoms with van der Waals surface area (Å²) in [5.41, 5.74) is 1.90. The molecule has 0 fully saturated rings. The Morgan fingerprint density at radius 3 is 2.41 bits per heavy atom. The summed E-state index contributed by atoms with van der Waals surface area (Å²) in [6.07, 6.45) is 0. The van der Waals surface area contributed by atoms with Gasteiger partial charge in [-0.2, -0.15) is 0 Å². The van der Waals surface area contributed by atoms with Crippen LogP contribution in [0.3, 0.4) is 0 Å². The second-order valence-electron chi connectivity index (χ2n) is 5.20. The molecule has 2 aromatic rings. The van der Waals surface area contributed by atoms with Gasteiger partial charge in [-0.3, -0.25) is 10.1 Å². The van der Waals surface area contributed by atoms with Crippen LogP contribution < -0.4 is 5.32 Å². The Morgan fingerprint density at radius 1 is 1.23 bits per heavy atom. The first-order valence-electron chi connectivity index (χ1n) is 6.89. The predicted octanol–water partition coefficient (Wildman–Crippen LogP) is 3.61. The topological polar surface area (TPSA) is 68.3 Å². The maximum atomic E-state index is 12.2. The number of thiazole rings is 1. The first-order valence-corrected chi connectivity index (χ1v) is 7.71. The minimum atomic E-state index is -0.490. The molecule has 0 bridgehead atoms. The molecule has 1 aromatic carbocycles. The summed E-state index contributed by atoms with van der Waals surface area (Å²) >= 11 is 1.29. The molecule has 0 saturated heterocycles. The zero-order chi connectivity index (χ0) is 16.3. The Labute approximate surface area is 133 Å². The van der Waals surface area contributed by atoms with E-state index in [0.717, 1.165) is 10.4 Å². The number of aromatic nitrogens is 1. The molecule has 6 heteroatoms. The lowest BCUT2D eigenvalue weighted by atomic mass is 10.1. The van der Waals surface area contributed by atoms with E-state index in [4.69, 9.17) is 4.74 Å². The predicted molar refractivity (Wildman–Crippen MR) is 86.7 cm³/mol. The van der Waals surface area contributed by atoms with Crippen molar-refractivity contribution in [3.05, 3.63) is 46.0 Å². The van der Waals surface area contributed by atoms with E-state index in [9.17, 15) is 9.59 Å². The van der Waals surface area contributed by atoms with Gasteiger partial charge in [0.25, 0.3) is 5.91 Å². The molecule has 0 aliphatic heterocycles. The average Bonchev–Trinajstić information content (AvgIpc) is 2.91. The van der Waals surface area contributed by atoms with Crippen LogP contribution in [0.15, 0.2) is 24.3 Å². The highest BCUT2D eigenvalue weighted by molar-refractivity contribution is 7.16. The fourth-order valence-corrected chi connectivity index (χ4v) is 2.84. The number of nitrogens with one attached hydrogen (secondary N) is 1. The first-order chi connectivity index (χ1) is 10.4. The monoisotopic (exact) mass is 318 g/mol. The van der Waals surface area contributed by atoms with Crippen molar-refractivity contribution >= 4 is 28.3 Å². The highest BCUT2D eigenvalue weighted by Gasteiger charge is 2.22. The van der Waals surface area contributed by atoms with Crippen LogP contribution in [0.4, 0.5) is 5.13 Å². The maximum Gasteiger partial charge on any atom is 0.357 e. The quantitative estimate of drug-likeness (QED) is 0.874. The van der Waals surface area contributed by atoms with Crippen molar-refractivity contribution in [2.24, 2.45) is 0 Å². The molecular weight excluding hydrogens is 300 g/mol. The third kappa shape index (κ3) is 3.51. The molecule has 0 aliphatic rings. The molecule has 2 rings (SSSR count). The molecule has 0 unspecified atom stereocenters. The van der Waals surface area contributed by atoms with E-state index in [1.165, 1.54) is 18.4 Å². The number of nitrogens with zero attached hydrogens (tertiary/aromatic N) is 1. The summed E-state index contributed by atoms with van der Waals surface area (Å²) in [7, 11) is 1.32. The van der Waals surface area contributed by atoms with E-state index >= 15 is 0 Å². The molecule has 1 N–H and O–H groups in total. The Morgan fingerprint density at radius 2 is 1.86 bits per heavy atom. The summed E-state index contributed by atoms with van der Waals surface area (Å²) in [5.74, 6) is -0.618. The minimum absolute atomic E-state index is 0.122. The molecule has 0 spiro atoms. The summed E-state index contributed by atoms with van der Waals surface area (Å²) in [5, 5.41) is 3.13. The van der Waals surface area contributed by atoms with Crippen molar-refractivity contribution < 1.29 is 14.3 Å². The zero-order valence-corrected chi connectivity index (χ0v) is 13.8. The number of ether oxygens (including phenoxy) is 1. The molecule has 0 radical (unpaired) electrons. The van der Waals surface area contributed by atoms with Gasteiger partial charge in [0.1, 0.15) is 0 Å². The number of benzene rings is 1. The number of carbonyl (C=O) groups excluding carboxylic acids is 2. The molecule has 0 atom stereocenters. The van der Waals surface area contributed by atoms with Gasteiger partial charge in [-0.05, 0) is 25.0 Å². The Hall–Kier alpha value is -2.21. The molecule has 1 amide bonds. The molecule has 22 heavy (non-hydrogen) atoms. The number of anilines is 1. The van der Waals surface area contributed by atoms with Crippen LogP contribution in [-0.2, 0) is 4.74 Å². The molecular formula is C16H18N2O3S. The van der Waals surface area contributed by atoms with Gasteiger partial charge in [-0.15, -0.1) is 11.3 Å². The molecule has 5 nitrogen and oxygen atoms in total. The number of hydrogen-bond acceptors (Lipinski definition) is 5. The first kappa shape index (κ1) is 16.2. The number of methoxy groups -OCH3 is 1. The second-order valence-corrected chi connectivity index (χ2v) is 6.23. The fraction of sp³-hybridized carbons (Fsp3) is 0.312. The molecule has 0 saturated carbocycles. The lowest BCUT2D eigenvalue weighted by molar-refractivity contribution is 0.0593. The van der Waals surface area contributed by atoms with Gasteiger partial charge < -0.3 is 4.74 Å². The van der Waals surface area contributed by atoms with E-state index in [1.807, 2.05) is 32.9 Å². The summed E-state index contributed by atoms with van der Waals surface area (Å²) in [4.78, 5) is 28.9. The zero-order valence-electron chi connectivity index (χ0n) is 13.0. The normalized spacial score (nSPS) is 10.6. The molecule has 0 aliphatic carbocycles. The standard InChI is InChI=1S/C16H18N2O3S/c1-9(2)13-12(15(20)21-4)17-16(22-13)18-14(19)11-7-5-10(3)6-8-11/h5-9H,1-4H3,(H,17,18,19). The van der Waals surface area contributed by atoms with E-state index in [1.54, 1.807) is 12.1 Å². The van der Waals surface area contributed by atoms with Gasteiger partial charge in [0.2, 0.25) is 0 Å². The lowest BCUT2D eigenvalue weighted by Crippen LogP contribution is -2.12. The highest BCUT2D eigenvalue weighted by Crippen LogP contribution is 2.30. The Balaban J connectivity index is 2.24. The van der Waals surface area contributed by atoms with Gasteiger partial charge in [-0.1, -0.05) is 31.5 Å². The Bertz CT molecular complexity index is 690. The average molecular weight is 318 g/mol. The van der Waals surface area contributed by atoms with Crippen molar-refractivity contribution in [1.82, 2.24) is 4.98 Å². The Kier molecular flexibility index (Phi) is 4.92. The number of rotatable bonds is 4. The fourth-order valence-electron chi connectivity index (χ4n) is 1.89. The third-order valence-electron chi connectivity index (χ3n) is 3.09. The summed E-state index contributed by atoms with van der Waals surface area (Å²) < 4.78 is 4.74. The van der Waals surface area contributed by atoms with Crippen LogP contribution in [0.25, 0.3) is 0 Å². The highest BCUT2D eigenvalue weighted by atomic mass is 32.1. The van der Waals surface area contributed by atoms with Crippen LogP contribution in [0.5, 0.6) is 0 Å². The lowest BCUT2D eigenvalue weighted by Gasteiger charge is -2.02. The van der Waals surface area contributed by atoms with Crippen LogP contribution in [0.1, 0.15) is 51.1 Å². The van der Waals surface area contributed by atoms with E-state index in [2.05, 4.69) is 10.3 Å². The van der Waals surface area contributed by atoms with Crippen LogP contribution in [0.2, 0.25) is 0 Å². The van der Waals surface area contributed by atoms with Gasteiger partial charge >= 0.3 is 5.97 Å². The van der Waals surface area contributed by atoms with Gasteiger partial charge in [-0.25, -0.2) is 9.78 Å². The largest absolute Gasteiger partial charge is 0.464 e. The van der Waals surface area contributed by atoms with Gasteiger partial charge in [0, 0.05) is 10.4 Å². The van der Waals surface area contributed by atoms with Crippen molar-refractivity contribution in [2.45, 2.75) is 26.7 Å². The number of amides is 1. The van der Waals surface area contributed by atoms with E-state index in [-0.39, 0.29) is 17.5 Å². The molecule has 116 valence electrons. The maximum absolute atomic E-state index is 12.2. The van der Waals surface area contributed by atoms with Crippen molar-refractivity contribution in [3.63, 3.8) is 0 Å². The smallest absolute Gasteiger partial charge is 0.357 e. The number of carbonyl (C=O) groups is 2. The van der Waals surface area contributed by atoms with Gasteiger partial charge in [0.15, 0.2) is 10.8 Å². The number of aryl methyl sites for hydroxylation is 1. The van der Waals surface area contributed by atoms with Crippen LogP contribution >= 0.6 is 11.3 Å². The second kappa shape index (κ2) is 6.70.